The SMILES string of the molecule is CCC(C)(C)C(Cl)c1ccc(OC)c(F)c1. The second-order valence-corrected chi connectivity index (χ2v) is 5.04. The highest BCUT2D eigenvalue weighted by Crippen LogP contribution is 2.42. The Morgan fingerprint density at radius 3 is 2.50 bits per heavy atom. The lowest BCUT2D eigenvalue weighted by Gasteiger charge is -2.29. The lowest BCUT2D eigenvalue weighted by molar-refractivity contribution is 0.334. The molecule has 0 radical (unpaired) electrons. The Morgan fingerprint density at radius 2 is 2.06 bits per heavy atom. The molecule has 0 amide bonds. The van der Waals surface area contributed by atoms with Gasteiger partial charge in [0.15, 0.2) is 11.6 Å². The molecule has 1 rings (SSSR count). The highest BCUT2D eigenvalue weighted by atomic mass is 35.5. The van der Waals surface area contributed by atoms with Gasteiger partial charge >= 0.3 is 0 Å². The summed E-state index contributed by atoms with van der Waals surface area (Å²) in [5, 5.41) is -0.196. The van der Waals surface area contributed by atoms with E-state index in [0.717, 1.165) is 12.0 Å². The Morgan fingerprint density at radius 1 is 1.44 bits per heavy atom. The predicted molar refractivity (Wildman–Crippen MR) is 65.6 cm³/mol. The number of halogens is 2. The molecule has 90 valence electrons. The summed E-state index contributed by atoms with van der Waals surface area (Å²) < 4.78 is 18.4. The fourth-order valence-electron chi connectivity index (χ4n) is 1.47. The van der Waals surface area contributed by atoms with Crippen LogP contribution in [0, 0.1) is 11.2 Å². The Balaban J connectivity index is 3.02. The molecule has 1 nitrogen and oxygen atoms in total. The first kappa shape index (κ1) is 13.3. The number of rotatable bonds is 4. The van der Waals surface area contributed by atoms with Crippen LogP contribution >= 0.6 is 11.6 Å². The zero-order chi connectivity index (χ0) is 12.3. The maximum absolute atomic E-state index is 13.5. The van der Waals surface area contributed by atoms with Crippen LogP contribution in [0.15, 0.2) is 18.2 Å². The molecule has 0 saturated carbocycles. The Labute approximate surface area is 102 Å². The Bertz CT molecular complexity index is 363. The summed E-state index contributed by atoms with van der Waals surface area (Å²) in [5.74, 6) is -0.112. The van der Waals surface area contributed by atoms with Gasteiger partial charge in [-0.05, 0) is 29.5 Å². The average molecular weight is 245 g/mol. The number of alkyl halides is 1. The van der Waals surface area contributed by atoms with Crippen LogP contribution in [-0.4, -0.2) is 7.11 Å². The van der Waals surface area contributed by atoms with Crippen molar-refractivity contribution >= 4 is 11.6 Å². The fourth-order valence-corrected chi connectivity index (χ4v) is 1.76. The van der Waals surface area contributed by atoms with Crippen LogP contribution in [0.25, 0.3) is 0 Å². The van der Waals surface area contributed by atoms with E-state index >= 15 is 0 Å². The molecule has 0 N–H and O–H groups in total. The van der Waals surface area contributed by atoms with Crippen molar-refractivity contribution in [1.29, 1.82) is 0 Å². The molecule has 0 saturated heterocycles. The first-order valence-electron chi connectivity index (χ1n) is 5.40. The van der Waals surface area contributed by atoms with Crippen LogP contribution in [0.1, 0.15) is 38.1 Å². The minimum absolute atomic E-state index is 0.0530. The lowest BCUT2D eigenvalue weighted by Crippen LogP contribution is -2.17. The minimum atomic E-state index is -0.363. The van der Waals surface area contributed by atoms with E-state index in [1.54, 1.807) is 6.07 Å². The summed E-state index contributed by atoms with van der Waals surface area (Å²) in [6.07, 6.45) is 0.939. The van der Waals surface area contributed by atoms with Gasteiger partial charge in [-0.3, -0.25) is 0 Å². The van der Waals surface area contributed by atoms with Crippen molar-refractivity contribution in [2.45, 2.75) is 32.6 Å². The minimum Gasteiger partial charge on any atom is -0.494 e. The molecule has 3 heteroatoms. The van der Waals surface area contributed by atoms with Crippen LogP contribution < -0.4 is 4.74 Å². The van der Waals surface area contributed by atoms with Crippen LogP contribution in [0.4, 0.5) is 4.39 Å². The number of methoxy groups -OCH3 is 1. The zero-order valence-electron chi connectivity index (χ0n) is 10.2. The largest absolute Gasteiger partial charge is 0.494 e. The van der Waals surface area contributed by atoms with Gasteiger partial charge in [0.2, 0.25) is 0 Å². The van der Waals surface area contributed by atoms with Gasteiger partial charge in [-0.25, -0.2) is 4.39 Å². The summed E-state index contributed by atoms with van der Waals surface area (Å²) in [5.41, 5.74) is 0.745. The van der Waals surface area contributed by atoms with Crippen LogP contribution in [-0.2, 0) is 0 Å². The molecule has 0 fully saturated rings. The standard InChI is InChI=1S/C13H18ClFO/c1-5-13(2,3)12(14)9-6-7-11(16-4)10(15)8-9/h6-8,12H,5H2,1-4H3. The molecule has 1 aromatic carbocycles. The monoisotopic (exact) mass is 244 g/mol. The first-order chi connectivity index (χ1) is 7.42. The van der Waals surface area contributed by atoms with Crippen molar-refractivity contribution in [1.82, 2.24) is 0 Å². The molecular weight excluding hydrogens is 227 g/mol. The van der Waals surface area contributed by atoms with Gasteiger partial charge in [0.25, 0.3) is 0 Å². The van der Waals surface area contributed by atoms with Crippen molar-refractivity contribution in [2.75, 3.05) is 7.11 Å². The molecule has 0 bridgehead atoms. The molecule has 16 heavy (non-hydrogen) atoms. The maximum Gasteiger partial charge on any atom is 0.165 e. The van der Waals surface area contributed by atoms with E-state index in [-0.39, 0.29) is 22.4 Å². The lowest BCUT2D eigenvalue weighted by atomic mass is 9.83. The van der Waals surface area contributed by atoms with Gasteiger partial charge in [-0.15, -0.1) is 11.6 Å². The quantitative estimate of drug-likeness (QED) is 0.706. The third-order valence-corrected chi connectivity index (χ3v) is 3.91. The molecule has 0 spiro atoms. The number of hydrogen-bond acceptors (Lipinski definition) is 1. The topological polar surface area (TPSA) is 9.23 Å². The Kier molecular flexibility index (Phi) is 4.20. The summed E-state index contributed by atoms with van der Waals surface area (Å²) in [6.45, 7) is 6.23. The fraction of sp³-hybridized carbons (Fsp3) is 0.538. The summed E-state index contributed by atoms with van der Waals surface area (Å²) in [7, 11) is 1.45. The third kappa shape index (κ3) is 2.67. The molecule has 0 aliphatic carbocycles. The van der Waals surface area contributed by atoms with Gasteiger partial charge in [0.05, 0.1) is 12.5 Å². The van der Waals surface area contributed by atoms with Crippen molar-refractivity contribution in [3.05, 3.63) is 29.6 Å². The third-order valence-electron chi connectivity index (χ3n) is 3.07. The second kappa shape index (κ2) is 5.05. The van der Waals surface area contributed by atoms with Crippen molar-refractivity contribution in [3.63, 3.8) is 0 Å². The van der Waals surface area contributed by atoms with E-state index in [1.807, 2.05) is 6.07 Å². The van der Waals surface area contributed by atoms with Gasteiger partial charge in [-0.1, -0.05) is 26.8 Å². The van der Waals surface area contributed by atoms with Gasteiger partial charge < -0.3 is 4.74 Å². The first-order valence-corrected chi connectivity index (χ1v) is 5.83. The summed E-state index contributed by atoms with van der Waals surface area (Å²) in [6, 6.07) is 4.89. The Hall–Kier alpha value is -0.760. The molecule has 1 aromatic rings. The van der Waals surface area contributed by atoms with Crippen LogP contribution in [0.2, 0.25) is 0 Å². The predicted octanol–water partition coefficient (Wildman–Crippen LogP) is 4.55. The summed E-state index contributed by atoms with van der Waals surface area (Å²) >= 11 is 6.36. The van der Waals surface area contributed by atoms with Gasteiger partial charge in [0, 0.05) is 0 Å². The molecule has 0 aromatic heterocycles. The smallest absolute Gasteiger partial charge is 0.165 e. The van der Waals surface area contributed by atoms with Crippen LogP contribution in [0.3, 0.4) is 0 Å². The normalized spacial score (nSPS) is 13.6. The average Bonchev–Trinajstić information content (AvgIpc) is 2.27. The highest BCUT2D eigenvalue weighted by molar-refractivity contribution is 6.21. The number of benzene rings is 1. The molecule has 0 heterocycles. The van der Waals surface area contributed by atoms with Crippen molar-refractivity contribution in [3.8, 4) is 5.75 Å². The van der Waals surface area contributed by atoms with Crippen LogP contribution in [0.5, 0.6) is 5.75 Å². The van der Waals surface area contributed by atoms with Crippen molar-refractivity contribution < 1.29 is 9.13 Å². The number of hydrogen-bond donors (Lipinski definition) is 0. The molecular formula is C13H18ClFO. The molecule has 1 unspecified atom stereocenters. The number of ether oxygens (including phenoxy) is 1. The molecule has 0 aliphatic rings. The molecule has 0 aliphatic heterocycles. The maximum atomic E-state index is 13.5. The second-order valence-electron chi connectivity index (χ2n) is 4.60. The van der Waals surface area contributed by atoms with E-state index in [0.29, 0.717) is 0 Å². The van der Waals surface area contributed by atoms with E-state index < -0.39 is 0 Å². The summed E-state index contributed by atoms with van der Waals surface area (Å²) in [4.78, 5) is 0. The van der Waals surface area contributed by atoms with E-state index in [1.165, 1.54) is 13.2 Å². The molecule has 1 atom stereocenters. The van der Waals surface area contributed by atoms with Crippen molar-refractivity contribution in [2.24, 2.45) is 5.41 Å². The van der Waals surface area contributed by atoms with E-state index in [4.69, 9.17) is 16.3 Å². The van der Waals surface area contributed by atoms with Gasteiger partial charge in [-0.2, -0.15) is 0 Å². The van der Waals surface area contributed by atoms with E-state index in [9.17, 15) is 4.39 Å². The van der Waals surface area contributed by atoms with Gasteiger partial charge in [0.1, 0.15) is 0 Å². The zero-order valence-corrected chi connectivity index (χ0v) is 10.9. The highest BCUT2D eigenvalue weighted by Gasteiger charge is 2.27. The van der Waals surface area contributed by atoms with E-state index in [2.05, 4.69) is 20.8 Å².